The van der Waals surface area contributed by atoms with E-state index in [0.717, 1.165) is 0 Å². The molecule has 1 saturated carbocycles. The van der Waals surface area contributed by atoms with Crippen LogP contribution >= 0.6 is 0 Å². The van der Waals surface area contributed by atoms with E-state index in [-0.39, 0.29) is 31.8 Å². The predicted octanol–water partition coefficient (Wildman–Crippen LogP) is 2.17. The second-order valence-electron chi connectivity index (χ2n) is 8.12. The van der Waals surface area contributed by atoms with Crippen molar-refractivity contribution in [3.63, 3.8) is 0 Å². The van der Waals surface area contributed by atoms with Gasteiger partial charge in [0.1, 0.15) is 6.04 Å². The van der Waals surface area contributed by atoms with Crippen LogP contribution in [0.5, 0.6) is 0 Å². The van der Waals surface area contributed by atoms with Crippen molar-refractivity contribution in [1.29, 1.82) is 0 Å². The van der Waals surface area contributed by atoms with Crippen LogP contribution in [0.4, 0.5) is 22.0 Å². The molecule has 2 aromatic rings. The minimum Gasteiger partial charge on any atom is -0.365 e. The Labute approximate surface area is 169 Å². The van der Waals surface area contributed by atoms with Gasteiger partial charge in [0.25, 0.3) is 0 Å². The summed E-state index contributed by atoms with van der Waals surface area (Å²) < 4.78 is 66.8. The molecule has 0 aromatic carbocycles. The molecule has 1 unspecified atom stereocenters. The Hall–Kier alpha value is -1.89. The summed E-state index contributed by atoms with van der Waals surface area (Å²) >= 11 is 0. The van der Waals surface area contributed by atoms with E-state index in [2.05, 4.69) is 15.4 Å². The average molecular weight is 434 g/mol. The van der Waals surface area contributed by atoms with Gasteiger partial charge in [-0.15, -0.1) is 0 Å². The van der Waals surface area contributed by atoms with E-state index < -0.39 is 30.5 Å². The fraction of sp³-hybridized carbons (Fsp3) is 0.667. The molecule has 0 radical (unpaired) electrons. The van der Waals surface area contributed by atoms with Crippen LogP contribution in [0, 0.1) is 5.92 Å². The fourth-order valence-electron chi connectivity index (χ4n) is 4.10. The summed E-state index contributed by atoms with van der Waals surface area (Å²) in [5.41, 5.74) is 7.83. The molecule has 166 valence electrons. The van der Waals surface area contributed by atoms with Crippen LogP contribution in [0.1, 0.15) is 43.0 Å². The van der Waals surface area contributed by atoms with Crippen molar-refractivity contribution in [2.75, 3.05) is 6.54 Å². The van der Waals surface area contributed by atoms with Gasteiger partial charge < -0.3 is 10.8 Å². The van der Waals surface area contributed by atoms with Crippen molar-refractivity contribution in [2.45, 2.75) is 62.8 Å². The van der Waals surface area contributed by atoms with Gasteiger partial charge in [0.05, 0.1) is 24.1 Å². The van der Waals surface area contributed by atoms with Gasteiger partial charge in [-0.2, -0.15) is 18.3 Å². The van der Waals surface area contributed by atoms with Crippen LogP contribution in [-0.2, 0) is 6.54 Å². The molecule has 4 rings (SSSR count). The quantitative estimate of drug-likeness (QED) is 0.639. The molecule has 30 heavy (non-hydrogen) atoms. The van der Waals surface area contributed by atoms with Crippen molar-refractivity contribution in [3.05, 3.63) is 29.7 Å². The highest BCUT2D eigenvalue weighted by atomic mass is 19.4. The molecule has 2 aromatic heterocycles. The van der Waals surface area contributed by atoms with Gasteiger partial charge in [0.15, 0.2) is 12.0 Å². The lowest BCUT2D eigenvalue weighted by molar-refractivity contribution is -0.152. The van der Waals surface area contributed by atoms with Gasteiger partial charge in [-0.05, 0) is 30.4 Å². The summed E-state index contributed by atoms with van der Waals surface area (Å²) in [6.07, 6.45) is -2.47. The molecule has 4 N–H and O–H groups in total. The van der Waals surface area contributed by atoms with E-state index in [1.54, 1.807) is 12.3 Å². The van der Waals surface area contributed by atoms with Crippen molar-refractivity contribution >= 4 is 5.65 Å². The number of fused-ring (bicyclic) bond motifs is 1. The monoisotopic (exact) mass is 434 g/mol. The first kappa shape index (κ1) is 21.3. The van der Waals surface area contributed by atoms with Gasteiger partial charge >= 0.3 is 6.18 Å². The maximum absolute atomic E-state index is 13.4. The Bertz CT molecular complexity index is 893. The number of hydrogen-bond donors (Lipinski definition) is 3. The van der Waals surface area contributed by atoms with E-state index in [1.807, 2.05) is 0 Å². The highest BCUT2D eigenvalue weighted by Crippen LogP contribution is 2.40. The first-order valence-electron chi connectivity index (χ1n) is 9.74. The topological polar surface area (TPSA) is 91.7 Å². The van der Waals surface area contributed by atoms with Gasteiger partial charge in [-0.1, -0.05) is 0 Å². The summed E-state index contributed by atoms with van der Waals surface area (Å²) in [4.78, 5) is 5.70. The number of aromatic nitrogens is 3. The predicted molar refractivity (Wildman–Crippen MR) is 96.2 cm³/mol. The third-order valence-corrected chi connectivity index (χ3v) is 5.90. The highest BCUT2D eigenvalue weighted by molar-refractivity contribution is 5.41. The molecule has 0 spiro atoms. The van der Waals surface area contributed by atoms with Gasteiger partial charge in [0, 0.05) is 25.9 Å². The minimum absolute atomic E-state index is 0.0518. The number of alkyl halides is 5. The van der Waals surface area contributed by atoms with Crippen molar-refractivity contribution in [1.82, 2.24) is 24.8 Å². The number of aliphatic hydroxyl groups excluding tert-OH is 1. The van der Waals surface area contributed by atoms with E-state index in [1.165, 1.54) is 15.6 Å². The lowest BCUT2D eigenvalue weighted by Gasteiger charge is -2.31. The average Bonchev–Trinajstić information content (AvgIpc) is 3.24. The van der Waals surface area contributed by atoms with Gasteiger partial charge in [-0.3, -0.25) is 10.2 Å². The molecular weight excluding hydrogens is 411 g/mol. The molecule has 0 bridgehead atoms. The number of imidazole rings is 1. The van der Waals surface area contributed by atoms with E-state index in [4.69, 9.17) is 5.73 Å². The Morgan fingerprint density at radius 2 is 2.00 bits per heavy atom. The minimum atomic E-state index is -4.45. The molecule has 2 fully saturated rings. The van der Waals surface area contributed by atoms with Crippen LogP contribution in [-0.4, -0.2) is 55.6 Å². The number of nitrogens with one attached hydrogen (secondary N) is 1. The summed E-state index contributed by atoms with van der Waals surface area (Å²) in [5.74, 6) is -2.73. The molecule has 1 aliphatic heterocycles. The maximum Gasteiger partial charge on any atom is 0.405 e. The second kappa shape index (κ2) is 7.66. The standard InChI is InChI=1S/C18H23F5N6O/c19-17(20)3-1-11(2-4-17)15(24)12-8-29-14(26-12)5-10(6-25-29)7-28-9-13(18(21,22)23)27-16(28)30/h5-6,8,11,13,15-16,27,30H,1-4,7,9,24H2/t13-,15-,16?/m0/s1. The van der Waals surface area contributed by atoms with Crippen LogP contribution in [0.15, 0.2) is 18.5 Å². The lowest BCUT2D eigenvalue weighted by atomic mass is 9.81. The zero-order valence-corrected chi connectivity index (χ0v) is 16.0. The Morgan fingerprint density at radius 3 is 2.63 bits per heavy atom. The second-order valence-corrected chi connectivity index (χ2v) is 8.12. The molecule has 1 saturated heterocycles. The Morgan fingerprint density at radius 1 is 1.30 bits per heavy atom. The molecular formula is C18H23F5N6O. The summed E-state index contributed by atoms with van der Waals surface area (Å²) in [7, 11) is 0. The maximum atomic E-state index is 13.4. The summed E-state index contributed by atoms with van der Waals surface area (Å²) in [6.45, 7) is -0.330. The Kier molecular flexibility index (Phi) is 5.45. The van der Waals surface area contributed by atoms with E-state index >= 15 is 0 Å². The smallest absolute Gasteiger partial charge is 0.365 e. The molecule has 7 nitrogen and oxygen atoms in total. The zero-order valence-electron chi connectivity index (χ0n) is 16.0. The number of hydrogen-bond acceptors (Lipinski definition) is 6. The van der Waals surface area contributed by atoms with Gasteiger partial charge in [0.2, 0.25) is 5.92 Å². The lowest BCUT2D eigenvalue weighted by Crippen LogP contribution is -2.42. The van der Waals surface area contributed by atoms with Crippen molar-refractivity contribution < 1.29 is 27.1 Å². The SMILES string of the molecule is N[C@H](c1cn2ncc(CN3C[C@@H](C(F)(F)F)NC3O)cc2n1)C1CCC(F)(F)CC1. The molecule has 12 heteroatoms. The largest absolute Gasteiger partial charge is 0.405 e. The first-order chi connectivity index (χ1) is 14.0. The molecule has 3 atom stereocenters. The van der Waals surface area contributed by atoms with Crippen LogP contribution in [0.25, 0.3) is 5.65 Å². The van der Waals surface area contributed by atoms with Gasteiger partial charge in [-0.25, -0.2) is 18.3 Å². The molecule has 1 aliphatic carbocycles. The first-order valence-corrected chi connectivity index (χ1v) is 9.74. The third kappa shape index (κ3) is 4.41. The number of halogens is 5. The van der Waals surface area contributed by atoms with Crippen molar-refractivity contribution in [2.24, 2.45) is 11.7 Å². The van der Waals surface area contributed by atoms with E-state index in [0.29, 0.717) is 29.7 Å². The normalized spacial score (nSPS) is 27.0. The van der Waals surface area contributed by atoms with Crippen LogP contribution < -0.4 is 11.1 Å². The highest BCUT2D eigenvalue weighted by Gasteiger charge is 2.46. The van der Waals surface area contributed by atoms with Crippen LogP contribution in [0.2, 0.25) is 0 Å². The summed E-state index contributed by atoms with van der Waals surface area (Å²) in [6, 6.07) is -0.641. The third-order valence-electron chi connectivity index (χ3n) is 5.90. The number of rotatable bonds is 4. The number of nitrogens with two attached hydrogens (primary N) is 1. The molecule has 2 aliphatic rings. The molecule has 0 amide bonds. The fourth-order valence-corrected chi connectivity index (χ4v) is 4.10. The number of nitrogens with zero attached hydrogens (tertiary/aromatic N) is 4. The Balaban J connectivity index is 1.45. The van der Waals surface area contributed by atoms with E-state index in [9.17, 15) is 27.1 Å². The molecule has 3 heterocycles. The summed E-state index contributed by atoms with van der Waals surface area (Å²) in [5, 5.41) is 16.2. The number of aliphatic hydroxyl groups is 1. The van der Waals surface area contributed by atoms with Crippen molar-refractivity contribution in [3.8, 4) is 0 Å². The van der Waals surface area contributed by atoms with Crippen LogP contribution in [0.3, 0.4) is 0 Å². The zero-order chi connectivity index (χ0) is 21.7.